The number of nitrogens with one attached hydrogen (secondary N) is 2. The van der Waals surface area contributed by atoms with Crippen molar-refractivity contribution in [2.75, 3.05) is 17.2 Å². The van der Waals surface area contributed by atoms with Crippen LogP contribution in [0.1, 0.15) is 28.4 Å². The van der Waals surface area contributed by atoms with Gasteiger partial charge in [-0.2, -0.15) is 0 Å². The van der Waals surface area contributed by atoms with Gasteiger partial charge >= 0.3 is 11.7 Å². The third-order valence-electron chi connectivity index (χ3n) is 4.32. The number of benzene rings is 2. The third kappa shape index (κ3) is 4.52. The third-order valence-corrected chi connectivity index (χ3v) is 4.32. The summed E-state index contributed by atoms with van der Waals surface area (Å²) < 4.78 is 5.05. The molecule has 0 radical (unpaired) electrons. The summed E-state index contributed by atoms with van der Waals surface area (Å²) in [6.07, 6.45) is 1.22. The van der Waals surface area contributed by atoms with Crippen molar-refractivity contribution in [3.05, 3.63) is 75.6 Å². The molecule has 0 atom stereocenters. The topological polar surface area (TPSA) is 119 Å². The fourth-order valence-corrected chi connectivity index (χ4v) is 2.92. The van der Waals surface area contributed by atoms with Crippen LogP contribution in [-0.2, 0) is 4.74 Å². The van der Waals surface area contributed by atoms with E-state index in [0.29, 0.717) is 11.4 Å². The quantitative estimate of drug-likeness (QED) is 0.329. The van der Waals surface area contributed by atoms with Crippen LogP contribution >= 0.6 is 0 Å². The first-order valence-corrected chi connectivity index (χ1v) is 9.27. The molecule has 0 saturated heterocycles. The molecule has 1 aromatic heterocycles. The Balaban J connectivity index is 2.00. The molecule has 9 nitrogen and oxygen atoms in total. The Hall–Kier alpha value is -4.01. The molecule has 30 heavy (non-hydrogen) atoms. The van der Waals surface area contributed by atoms with E-state index >= 15 is 0 Å². The average Bonchev–Trinajstić information content (AvgIpc) is 2.70. The van der Waals surface area contributed by atoms with E-state index in [1.165, 1.54) is 6.33 Å². The molecule has 0 aliphatic heterocycles. The van der Waals surface area contributed by atoms with Gasteiger partial charge in [0.25, 0.3) is 0 Å². The van der Waals surface area contributed by atoms with Crippen molar-refractivity contribution in [1.82, 2.24) is 9.97 Å². The van der Waals surface area contributed by atoms with Gasteiger partial charge in [-0.1, -0.05) is 29.8 Å². The number of carbonyl (C=O) groups excluding carboxylic acids is 1. The number of rotatable bonds is 7. The van der Waals surface area contributed by atoms with Crippen molar-refractivity contribution in [2.24, 2.45) is 0 Å². The summed E-state index contributed by atoms with van der Waals surface area (Å²) in [4.78, 5) is 31.6. The van der Waals surface area contributed by atoms with Gasteiger partial charge in [-0.25, -0.2) is 14.8 Å². The SMILES string of the molecule is CCOC(=O)c1ccccc1Nc1ncnc(Nc2ccc(C)cc2C)c1[N+](=O)[O-]. The number of nitrogens with zero attached hydrogens (tertiary/aromatic N) is 3. The molecule has 0 fully saturated rings. The highest BCUT2D eigenvalue weighted by molar-refractivity contribution is 5.97. The Kier molecular flexibility index (Phi) is 6.21. The minimum absolute atomic E-state index is 0.0399. The summed E-state index contributed by atoms with van der Waals surface area (Å²) in [5.74, 6) is -0.539. The van der Waals surface area contributed by atoms with E-state index in [2.05, 4.69) is 20.6 Å². The summed E-state index contributed by atoms with van der Waals surface area (Å²) in [7, 11) is 0. The second-order valence-electron chi connectivity index (χ2n) is 6.51. The first-order chi connectivity index (χ1) is 14.4. The van der Waals surface area contributed by atoms with E-state index in [4.69, 9.17) is 4.74 Å². The van der Waals surface area contributed by atoms with Gasteiger partial charge in [0.15, 0.2) is 0 Å². The Morgan fingerprint density at radius 2 is 1.73 bits per heavy atom. The molecule has 0 spiro atoms. The van der Waals surface area contributed by atoms with Gasteiger partial charge in [0.1, 0.15) is 6.33 Å². The summed E-state index contributed by atoms with van der Waals surface area (Å²) in [6.45, 7) is 5.78. The summed E-state index contributed by atoms with van der Waals surface area (Å²) in [5.41, 5.74) is 2.95. The molecular weight excluding hydrogens is 386 g/mol. The number of aryl methyl sites for hydroxylation is 2. The first-order valence-electron chi connectivity index (χ1n) is 9.27. The molecule has 3 aromatic rings. The van der Waals surface area contributed by atoms with Crippen LogP contribution in [0.4, 0.5) is 28.7 Å². The minimum atomic E-state index is -0.568. The zero-order valence-corrected chi connectivity index (χ0v) is 16.8. The van der Waals surface area contributed by atoms with Crippen LogP contribution in [0.5, 0.6) is 0 Å². The van der Waals surface area contributed by atoms with Crippen LogP contribution in [0, 0.1) is 24.0 Å². The maximum absolute atomic E-state index is 12.2. The first kappa shape index (κ1) is 20.7. The molecule has 0 aliphatic carbocycles. The molecule has 3 rings (SSSR count). The maximum Gasteiger partial charge on any atom is 0.353 e. The second kappa shape index (κ2) is 8.99. The summed E-state index contributed by atoms with van der Waals surface area (Å²) in [5, 5.41) is 17.7. The Morgan fingerprint density at radius 3 is 2.37 bits per heavy atom. The lowest BCUT2D eigenvalue weighted by atomic mass is 10.1. The molecule has 9 heteroatoms. The number of hydrogen-bond acceptors (Lipinski definition) is 8. The second-order valence-corrected chi connectivity index (χ2v) is 6.51. The molecule has 0 aliphatic rings. The highest BCUT2D eigenvalue weighted by Gasteiger charge is 2.25. The molecule has 2 aromatic carbocycles. The predicted molar refractivity (Wildman–Crippen MR) is 114 cm³/mol. The Morgan fingerprint density at radius 1 is 1.07 bits per heavy atom. The monoisotopic (exact) mass is 407 g/mol. The van der Waals surface area contributed by atoms with Gasteiger partial charge in [0, 0.05) is 5.69 Å². The molecule has 0 amide bonds. The Bertz CT molecular complexity index is 1100. The lowest BCUT2D eigenvalue weighted by Gasteiger charge is -2.13. The highest BCUT2D eigenvalue weighted by atomic mass is 16.6. The average molecular weight is 407 g/mol. The predicted octanol–water partition coefficient (Wildman–Crippen LogP) is 4.67. The van der Waals surface area contributed by atoms with Crippen molar-refractivity contribution in [3.63, 3.8) is 0 Å². The fraction of sp³-hybridized carbons (Fsp3) is 0.190. The van der Waals surface area contributed by atoms with Crippen LogP contribution in [0.25, 0.3) is 0 Å². The molecule has 154 valence electrons. The van der Waals surface area contributed by atoms with Gasteiger partial charge in [-0.05, 0) is 44.5 Å². The number of hydrogen-bond donors (Lipinski definition) is 2. The van der Waals surface area contributed by atoms with E-state index < -0.39 is 10.9 Å². The van der Waals surface area contributed by atoms with Crippen LogP contribution in [-0.4, -0.2) is 27.5 Å². The number of ether oxygens (including phenoxy) is 1. The molecular formula is C21H21N5O4. The molecule has 0 bridgehead atoms. The number of aromatic nitrogens is 2. The van der Waals surface area contributed by atoms with Crippen LogP contribution < -0.4 is 10.6 Å². The van der Waals surface area contributed by atoms with Crippen molar-refractivity contribution in [3.8, 4) is 0 Å². The van der Waals surface area contributed by atoms with E-state index in [1.807, 2.05) is 32.0 Å². The van der Waals surface area contributed by atoms with E-state index in [9.17, 15) is 14.9 Å². The van der Waals surface area contributed by atoms with Gasteiger partial charge in [-0.3, -0.25) is 10.1 Å². The number of carbonyl (C=O) groups is 1. The van der Waals surface area contributed by atoms with Gasteiger partial charge in [0.05, 0.1) is 22.8 Å². The number of nitro groups is 1. The van der Waals surface area contributed by atoms with Crippen molar-refractivity contribution >= 4 is 34.7 Å². The minimum Gasteiger partial charge on any atom is -0.462 e. The highest BCUT2D eigenvalue weighted by Crippen LogP contribution is 2.34. The zero-order chi connectivity index (χ0) is 21.7. The number of para-hydroxylation sites is 1. The molecule has 2 N–H and O–H groups in total. The van der Waals surface area contributed by atoms with Gasteiger partial charge in [0.2, 0.25) is 11.6 Å². The van der Waals surface area contributed by atoms with E-state index in [0.717, 1.165) is 11.1 Å². The normalized spacial score (nSPS) is 10.4. The van der Waals surface area contributed by atoms with Crippen LogP contribution in [0.3, 0.4) is 0 Å². The van der Waals surface area contributed by atoms with Crippen molar-refractivity contribution in [2.45, 2.75) is 20.8 Å². The lowest BCUT2D eigenvalue weighted by molar-refractivity contribution is -0.383. The lowest BCUT2D eigenvalue weighted by Crippen LogP contribution is -2.10. The fourth-order valence-electron chi connectivity index (χ4n) is 2.92. The maximum atomic E-state index is 12.2. The zero-order valence-electron chi connectivity index (χ0n) is 16.8. The molecule has 1 heterocycles. The smallest absolute Gasteiger partial charge is 0.353 e. The van der Waals surface area contributed by atoms with Crippen LogP contribution in [0.2, 0.25) is 0 Å². The summed E-state index contributed by atoms with van der Waals surface area (Å²) in [6, 6.07) is 12.3. The number of anilines is 4. The van der Waals surface area contributed by atoms with Gasteiger partial charge < -0.3 is 15.4 Å². The standard InChI is InChI=1S/C21H21N5O4/c1-4-30-21(27)15-7-5-6-8-17(15)25-20-18(26(28)29)19(22-12-23-20)24-16-10-9-13(2)11-14(16)3/h5-12H,4H2,1-3H3,(H2,22,23,24,25). The molecule has 0 saturated carbocycles. The van der Waals surface area contributed by atoms with E-state index in [-0.39, 0.29) is 29.5 Å². The van der Waals surface area contributed by atoms with Crippen molar-refractivity contribution < 1.29 is 14.5 Å². The number of esters is 1. The summed E-state index contributed by atoms with van der Waals surface area (Å²) >= 11 is 0. The van der Waals surface area contributed by atoms with Gasteiger partial charge in [-0.15, -0.1) is 0 Å². The largest absolute Gasteiger partial charge is 0.462 e. The molecule has 0 unspecified atom stereocenters. The Labute approximate surface area is 173 Å². The van der Waals surface area contributed by atoms with E-state index in [1.54, 1.807) is 31.2 Å². The van der Waals surface area contributed by atoms with Crippen LogP contribution in [0.15, 0.2) is 48.8 Å². The van der Waals surface area contributed by atoms with Crippen molar-refractivity contribution in [1.29, 1.82) is 0 Å².